The maximum atomic E-state index is 13.8. The molecule has 0 fully saturated rings. The van der Waals surface area contributed by atoms with E-state index in [2.05, 4.69) is 36.1 Å². The molecule has 10 heteroatoms. The zero-order chi connectivity index (χ0) is 28.6. The number of benzene rings is 2. The monoisotopic (exact) mass is 564 g/mol. The molecule has 2 heterocycles. The van der Waals surface area contributed by atoms with Crippen molar-refractivity contribution >= 4 is 28.6 Å². The van der Waals surface area contributed by atoms with E-state index in [0.717, 1.165) is 23.5 Å². The molecule has 214 valence electrons. The van der Waals surface area contributed by atoms with Gasteiger partial charge >= 0.3 is 5.69 Å². The molecular weight excluding hydrogens is 524 g/mol. The van der Waals surface area contributed by atoms with Crippen molar-refractivity contribution in [2.45, 2.75) is 57.6 Å². The molecule has 4 rings (SSSR count). The quantitative estimate of drug-likeness (QED) is 0.179. The molecule has 0 saturated carbocycles. The van der Waals surface area contributed by atoms with Crippen molar-refractivity contribution in [3.05, 3.63) is 86.3 Å². The van der Waals surface area contributed by atoms with Crippen LogP contribution in [0.1, 0.15) is 37.2 Å². The van der Waals surface area contributed by atoms with Crippen molar-refractivity contribution < 1.29 is 5.11 Å². The predicted molar refractivity (Wildman–Crippen MR) is 163 cm³/mol. The average molecular weight is 565 g/mol. The number of fused-ring (bicyclic) bond motifs is 1. The van der Waals surface area contributed by atoms with Gasteiger partial charge in [-0.15, -0.1) is 11.8 Å². The third-order valence-electron chi connectivity index (χ3n) is 7.27. The molecule has 4 aromatic rings. The number of nitrogens with zero attached hydrogens (tertiary/aromatic N) is 5. The Kier molecular flexibility index (Phi) is 10.2. The molecule has 0 aliphatic heterocycles. The van der Waals surface area contributed by atoms with Gasteiger partial charge in [0.15, 0.2) is 11.2 Å². The highest BCUT2D eigenvalue weighted by molar-refractivity contribution is 7.98. The summed E-state index contributed by atoms with van der Waals surface area (Å²) in [5.74, 6) is 0.749. The van der Waals surface area contributed by atoms with Crippen LogP contribution in [0.4, 0.5) is 5.69 Å². The van der Waals surface area contributed by atoms with E-state index in [-0.39, 0.29) is 17.9 Å². The first-order valence-corrected chi connectivity index (χ1v) is 15.2. The third kappa shape index (κ3) is 6.68. The lowest BCUT2D eigenvalue weighted by atomic mass is 10.1. The van der Waals surface area contributed by atoms with Gasteiger partial charge in [-0.05, 0) is 61.0 Å². The van der Waals surface area contributed by atoms with Crippen LogP contribution >= 0.6 is 11.8 Å². The van der Waals surface area contributed by atoms with Crippen molar-refractivity contribution in [1.29, 1.82) is 0 Å². The van der Waals surface area contributed by atoms with E-state index in [1.807, 2.05) is 42.0 Å². The number of anilines is 1. The third-order valence-corrected chi connectivity index (χ3v) is 8.01. The fourth-order valence-corrected chi connectivity index (χ4v) is 5.40. The first-order chi connectivity index (χ1) is 19.4. The lowest BCUT2D eigenvalue weighted by Gasteiger charge is -2.20. The Labute approximate surface area is 239 Å². The van der Waals surface area contributed by atoms with Gasteiger partial charge in [0.2, 0.25) is 0 Å². The van der Waals surface area contributed by atoms with Gasteiger partial charge in [-0.3, -0.25) is 18.8 Å². The summed E-state index contributed by atoms with van der Waals surface area (Å²) >= 11 is 1.69. The summed E-state index contributed by atoms with van der Waals surface area (Å²) in [4.78, 5) is 35.8. The smallest absolute Gasteiger partial charge is 0.332 e. The van der Waals surface area contributed by atoms with Crippen LogP contribution in [-0.2, 0) is 32.5 Å². The van der Waals surface area contributed by atoms with E-state index >= 15 is 0 Å². The van der Waals surface area contributed by atoms with Gasteiger partial charge in [0.1, 0.15) is 5.82 Å². The van der Waals surface area contributed by atoms with Crippen LogP contribution in [0.2, 0.25) is 0 Å². The second-order valence-corrected chi connectivity index (χ2v) is 10.8. The second kappa shape index (κ2) is 13.8. The van der Waals surface area contributed by atoms with Gasteiger partial charge in [0.05, 0.1) is 6.61 Å². The van der Waals surface area contributed by atoms with Crippen molar-refractivity contribution in [3.63, 3.8) is 0 Å². The number of likely N-dealkylation sites (N-methyl/N-ethyl adjacent to an activating group) is 1. The minimum absolute atomic E-state index is 0.0706. The molecule has 0 saturated heterocycles. The molecule has 0 unspecified atom stereocenters. The van der Waals surface area contributed by atoms with Crippen LogP contribution in [0.3, 0.4) is 0 Å². The molecule has 2 aromatic carbocycles. The number of hydrogen-bond donors (Lipinski definition) is 2. The molecule has 9 nitrogen and oxygen atoms in total. The van der Waals surface area contributed by atoms with Crippen LogP contribution < -0.4 is 17.0 Å². The molecule has 2 aromatic heterocycles. The van der Waals surface area contributed by atoms with Gasteiger partial charge in [-0.2, -0.15) is 0 Å². The zero-order valence-corrected chi connectivity index (χ0v) is 24.5. The molecule has 3 N–H and O–H groups in total. The molecule has 40 heavy (non-hydrogen) atoms. The predicted octanol–water partition coefficient (Wildman–Crippen LogP) is 3.22. The van der Waals surface area contributed by atoms with Crippen molar-refractivity contribution in [1.82, 2.24) is 23.6 Å². The molecule has 0 amide bonds. The van der Waals surface area contributed by atoms with Gasteiger partial charge in [-0.1, -0.05) is 38.1 Å². The minimum atomic E-state index is -0.328. The van der Waals surface area contributed by atoms with Crippen molar-refractivity contribution in [2.75, 3.05) is 38.2 Å². The van der Waals surface area contributed by atoms with Gasteiger partial charge in [0.25, 0.3) is 5.56 Å². The Hall–Kier alpha value is -3.34. The number of thioether (sulfide) groups is 1. The standard InChI is InChI=1S/C30H40N6O3S/c1-4-15-36-29(38)27-28(35(30(36)39)16-14-22-6-10-24(31)11-7-22)32-26(21-23-8-12-25(40-3)13-9-23)34(27)18-17-33(5-2)19-20-37/h6-13,37H,4-5,14-21,31H2,1-3H3. The van der Waals surface area contributed by atoms with E-state index in [1.54, 1.807) is 16.3 Å². The number of rotatable bonds is 14. The maximum Gasteiger partial charge on any atom is 0.332 e. The summed E-state index contributed by atoms with van der Waals surface area (Å²) in [5, 5.41) is 9.50. The topological polar surface area (TPSA) is 111 Å². The van der Waals surface area contributed by atoms with Crippen LogP contribution in [0.15, 0.2) is 63.0 Å². The number of aliphatic hydroxyl groups is 1. The Morgan fingerprint density at radius 2 is 1.60 bits per heavy atom. The van der Waals surface area contributed by atoms with E-state index in [0.29, 0.717) is 68.8 Å². The number of imidazole rings is 1. The summed E-state index contributed by atoms with van der Waals surface area (Å²) < 4.78 is 5.00. The van der Waals surface area contributed by atoms with E-state index in [9.17, 15) is 14.7 Å². The van der Waals surface area contributed by atoms with Crippen molar-refractivity contribution in [2.24, 2.45) is 0 Å². The van der Waals surface area contributed by atoms with Gasteiger partial charge in [-0.25, -0.2) is 9.78 Å². The zero-order valence-electron chi connectivity index (χ0n) is 23.7. The summed E-state index contributed by atoms with van der Waals surface area (Å²) in [6.45, 7) is 7.35. The van der Waals surface area contributed by atoms with Crippen molar-refractivity contribution in [3.8, 4) is 0 Å². The average Bonchev–Trinajstić information content (AvgIpc) is 3.32. The normalized spacial score (nSPS) is 11.6. The first kappa shape index (κ1) is 29.6. The highest BCUT2D eigenvalue weighted by Gasteiger charge is 2.22. The number of aromatic nitrogens is 4. The van der Waals surface area contributed by atoms with E-state index in [4.69, 9.17) is 10.7 Å². The summed E-state index contributed by atoms with van der Waals surface area (Å²) in [7, 11) is 0. The number of aliphatic hydroxyl groups excluding tert-OH is 1. The minimum Gasteiger partial charge on any atom is -0.399 e. The van der Waals surface area contributed by atoms with Crippen LogP contribution in [0.25, 0.3) is 11.2 Å². The molecular formula is C30H40N6O3S. The largest absolute Gasteiger partial charge is 0.399 e. The van der Waals surface area contributed by atoms with Crippen LogP contribution in [0, 0.1) is 0 Å². The molecule has 0 atom stereocenters. The lowest BCUT2D eigenvalue weighted by molar-refractivity contribution is 0.197. The Morgan fingerprint density at radius 1 is 0.900 bits per heavy atom. The van der Waals surface area contributed by atoms with Gasteiger partial charge < -0.3 is 15.4 Å². The van der Waals surface area contributed by atoms with Crippen LogP contribution in [-0.4, -0.2) is 61.2 Å². The van der Waals surface area contributed by atoms with E-state index in [1.165, 1.54) is 9.46 Å². The van der Waals surface area contributed by atoms with E-state index < -0.39 is 0 Å². The second-order valence-electron chi connectivity index (χ2n) is 9.92. The lowest BCUT2D eigenvalue weighted by Crippen LogP contribution is -2.41. The van der Waals surface area contributed by atoms with Crippen LogP contribution in [0.5, 0.6) is 0 Å². The highest BCUT2D eigenvalue weighted by Crippen LogP contribution is 2.20. The van der Waals surface area contributed by atoms with Gasteiger partial charge in [0, 0.05) is 49.7 Å². The Bertz CT molecular complexity index is 1520. The SMILES string of the molecule is CCCn1c(=O)c2c(nc(Cc3ccc(SC)cc3)n2CCN(CC)CCO)n(CCc2ccc(N)cc2)c1=O. The maximum absolute atomic E-state index is 13.8. The number of aryl methyl sites for hydroxylation is 2. The number of nitrogens with two attached hydrogens (primary N) is 1. The summed E-state index contributed by atoms with van der Waals surface area (Å²) in [6.07, 6.45) is 3.86. The molecule has 0 bridgehead atoms. The summed E-state index contributed by atoms with van der Waals surface area (Å²) in [5.41, 5.74) is 8.95. The fourth-order valence-electron chi connectivity index (χ4n) is 5.00. The summed E-state index contributed by atoms with van der Waals surface area (Å²) in [6, 6.07) is 16.0. The molecule has 0 radical (unpaired) electrons. The number of hydrogen-bond acceptors (Lipinski definition) is 7. The highest BCUT2D eigenvalue weighted by atomic mass is 32.2. The molecule has 0 spiro atoms. The number of nitrogen functional groups attached to an aromatic ring is 1. The molecule has 0 aliphatic rings. The molecule has 0 aliphatic carbocycles. The Balaban J connectivity index is 1.85. The first-order valence-electron chi connectivity index (χ1n) is 13.9. The Morgan fingerprint density at radius 3 is 2.23 bits per heavy atom. The fraction of sp³-hybridized carbons (Fsp3) is 0.433.